The van der Waals surface area contributed by atoms with Crippen molar-refractivity contribution in [2.24, 2.45) is 5.73 Å². The third kappa shape index (κ3) is 2.83. The van der Waals surface area contributed by atoms with E-state index < -0.39 is 17.1 Å². The second-order valence-electron chi connectivity index (χ2n) is 4.38. The standard InChI is InChI=1S/C13H12FN3O2S/c1-7-5-17(13(19)16-12(7)18)6-8-2-3-10(14)9(4-8)11(15)20/h2-5H,6H2,1H3,(H2,15,20)(H,16,18,19). The Morgan fingerprint density at radius 1 is 1.45 bits per heavy atom. The van der Waals surface area contributed by atoms with Gasteiger partial charge in [0.25, 0.3) is 5.56 Å². The van der Waals surface area contributed by atoms with Gasteiger partial charge in [-0.25, -0.2) is 9.18 Å². The Morgan fingerprint density at radius 3 is 2.80 bits per heavy atom. The van der Waals surface area contributed by atoms with Crippen LogP contribution in [0.5, 0.6) is 0 Å². The number of nitrogens with two attached hydrogens (primary N) is 1. The predicted octanol–water partition coefficient (Wildman–Crippen LogP) is 0.667. The molecule has 0 saturated heterocycles. The van der Waals surface area contributed by atoms with E-state index in [4.69, 9.17) is 18.0 Å². The zero-order valence-electron chi connectivity index (χ0n) is 10.6. The van der Waals surface area contributed by atoms with Gasteiger partial charge in [-0.2, -0.15) is 0 Å². The molecule has 7 heteroatoms. The van der Waals surface area contributed by atoms with Crippen LogP contribution in [0.4, 0.5) is 4.39 Å². The monoisotopic (exact) mass is 293 g/mol. The van der Waals surface area contributed by atoms with Crippen LogP contribution in [0.1, 0.15) is 16.7 Å². The van der Waals surface area contributed by atoms with Crippen molar-refractivity contribution in [3.05, 3.63) is 67.7 Å². The molecule has 0 aliphatic heterocycles. The SMILES string of the molecule is Cc1cn(Cc2ccc(F)c(C(N)=S)c2)c(=O)[nH]c1=O. The minimum absolute atomic E-state index is 0.0469. The lowest BCUT2D eigenvalue weighted by Gasteiger charge is -2.08. The van der Waals surface area contributed by atoms with Gasteiger partial charge in [0.05, 0.1) is 6.54 Å². The minimum atomic E-state index is -0.526. The number of rotatable bonds is 3. The summed E-state index contributed by atoms with van der Waals surface area (Å²) in [4.78, 5) is 25.1. The first kappa shape index (κ1) is 14.1. The molecular formula is C13H12FN3O2S. The van der Waals surface area contributed by atoms with E-state index in [0.717, 1.165) is 0 Å². The molecule has 0 bridgehead atoms. The van der Waals surface area contributed by atoms with Crippen LogP contribution in [0.3, 0.4) is 0 Å². The molecule has 2 aromatic rings. The number of aromatic nitrogens is 2. The Morgan fingerprint density at radius 2 is 2.15 bits per heavy atom. The molecule has 0 spiro atoms. The van der Waals surface area contributed by atoms with Crippen molar-refractivity contribution in [2.45, 2.75) is 13.5 Å². The second kappa shape index (κ2) is 5.38. The molecule has 0 atom stereocenters. The maximum atomic E-state index is 13.5. The smallest absolute Gasteiger partial charge is 0.328 e. The van der Waals surface area contributed by atoms with Gasteiger partial charge in [0.15, 0.2) is 0 Å². The van der Waals surface area contributed by atoms with Crippen LogP contribution < -0.4 is 17.0 Å². The zero-order valence-corrected chi connectivity index (χ0v) is 11.5. The van der Waals surface area contributed by atoms with Gasteiger partial charge >= 0.3 is 5.69 Å². The summed E-state index contributed by atoms with van der Waals surface area (Å²) in [5.74, 6) is -0.508. The van der Waals surface area contributed by atoms with Crippen LogP contribution in [-0.2, 0) is 6.54 Å². The lowest BCUT2D eigenvalue weighted by molar-refractivity contribution is 0.623. The molecule has 5 nitrogen and oxygen atoms in total. The Balaban J connectivity index is 2.43. The number of nitrogens with zero attached hydrogens (tertiary/aromatic N) is 1. The van der Waals surface area contributed by atoms with Crippen LogP contribution in [-0.4, -0.2) is 14.5 Å². The Hall–Kier alpha value is -2.28. The largest absolute Gasteiger partial charge is 0.389 e. The average Bonchev–Trinajstić information content (AvgIpc) is 2.37. The number of hydrogen-bond acceptors (Lipinski definition) is 3. The van der Waals surface area contributed by atoms with E-state index in [2.05, 4.69) is 4.98 Å². The number of nitrogens with one attached hydrogen (secondary N) is 1. The van der Waals surface area contributed by atoms with Gasteiger partial charge in [0.1, 0.15) is 10.8 Å². The van der Waals surface area contributed by atoms with Crippen molar-refractivity contribution >= 4 is 17.2 Å². The van der Waals surface area contributed by atoms with Crippen molar-refractivity contribution in [3.63, 3.8) is 0 Å². The Kier molecular flexibility index (Phi) is 3.80. The van der Waals surface area contributed by atoms with Crippen molar-refractivity contribution in [2.75, 3.05) is 0 Å². The third-order valence-corrected chi connectivity index (χ3v) is 3.06. The van der Waals surface area contributed by atoms with Crippen LogP contribution >= 0.6 is 12.2 Å². The van der Waals surface area contributed by atoms with Crippen molar-refractivity contribution in [1.29, 1.82) is 0 Å². The lowest BCUT2D eigenvalue weighted by Crippen LogP contribution is -2.31. The molecule has 1 heterocycles. The van der Waals surface area contributed by atoms with Gasteiger partial charge in [0, 0.05) is 17.3 Å². The molecule has 2 rings (SSSR count). The minimum Gasteiger partial charge on any atom is -0.389 e. The van der Waals surface area contributed by atoms with E-state index in [9.17, 15) is 14.0 Å². The summed E-state index contributed by atoms with van der Waals surface area (Å²) in [5.41, 5.74) is 5.68. The van der Waals surface area contributed by atoms with E-state index in [0.29, 0.717) is 11.1 Å². The first-order valence-electron chi connectivity index (χ1n) is 5.77. The van der Waals surface area contributed by atoms with E-state index in [-0.39, 0.29) is 17.1 Å². The summed E-state index contributed by atoms with van der Waals surface area (Å²) in [6, 6.07) is 4.27. The zero-order chi connectivity index (χ0) is 14.9. The maximum absolute atomic E-state index is 13.5. The highest BCUT2D eigenvalue weighted by atomic mass is 32.1. The molecular weight excluding hydrogens is 281 g/mol. The van der Waals surface area contributed by atoms with Crippen molar-refractivity contribution < 1.29 is 4.39 Å². The molecule has 1 aromatic carbocycles. The van der Waals surface area contributed by atoms with Gasteiger partial charge in [-0.15, -0.1) is 0 Å². The quantitative estimate of drug-likeness (QED) is 0.815. The molecule has 104 valence electrons. The molecule has 0 aliphatic rings. The Labute approximate surface area is 118 Å². The fraction of sp³-hybridized carbons (Fsp3) is 0.154. The number of aryl methyl sites for hydroxylation is 1. The van der Waals surface area contributed by atoms with E-state index >= 15 is 0 Å². The third-order valence-electron chi connectivity index (χ3n) is 2.84. The van der Waals surface area contributed by atoms with Gasteiger partial charge in [0.2, 0.25) is 0 Å². The van der Waals surface area contributed by atoms with Crippen LogP contribution in [0.2, 0.25) is 0 Å². The number of hydrogen-bond donors (Lipinski definition) is 2. The van der Waals surface area contributed by atoms with Crippen LogP contribution in [0.15, 0.2) is 34.0 Å². The molecule has 20 heavy (non-hydrogen) atoms. The highest BCUT2D eigenvalue weighted by molar-refractivity contribution is 7.80. The van der Waals surface area contributed by atoms with E-state index in [1.807, 2.05) is 0 Å². The summed E-state index contributed by atoms with van der Waals surface area (Å²) in [5, 5.41) is 0. The number of benzene rings is 1. The van der Waals surface area contributed by atoms with Gasteiger partial charge in [-0.1, -0.05) is 18.3 Å². The number of H-pyrrole nitrogens is 1. The van der Waals surface area contributed by atoms with E-state index in [1.54, 1.807) is 6.92 Å². The first-order valence-corrected chi connectivity index (χ1v) is 6.18. The highest BCUT2D eigenvalue weighted by Crippen LogP contribution is 2.11. The van der Waals surface area contributed by atoms with E-state index in [1.165, 1.54) is 29.0 Å². The lowest BCUT2D eigenvalue weighted by atomic mass is 10.1. The summed E-state index contributed by atoms with van der Waals surface area (Å²) in [7, 11) is 0. The molecule has 0 amide bonds. The van der Waals surface area contributed by atoms with Crippen LogP contribution in [0, 0.1) is 12.7 Å². The van der Waals surface area contributed by atoms with Crippen LogP contribution in [0.25, 0.3) is 0 Å². The fourth-order valence-corrected chi connectivity index (χ4v) is 1.95. The summed E-state index contributed by atoms with van der Waals surface area (Å²) in [6.07, 6.45) is 1.45. The molecule has 0 unspecified atom stereocenters. The van der Waals surface area contributed by atoms with Crippen molar-refractivity contribution in [3.8, 4) is 0 Å². The summed E-state index contributed by atoms with van der Waals surface area (Å²) in [6.45, 7) is 1.78. The number of halogens is 1. The molecule has 1 aromatic heterocycles. The molecule has 0 saturated carbocycles. The summed E-state index contributed by atoms with van der Waals surface area (Å²) < 4.78 is 14.8. The normalized spacial score (nSPS) is 10.5. The Bertz CT molecular complexity index is 795. The molecule has 0 fully saturated rings. The highest BCUT2D eigenvalue weighted by Gasteiger charge is 2.08. The molecule has 0 radical (unpaired) electrons. The second-order valence-corrected chi connectivity index (χ2v) is 4.82. The molecule has 0 aliphatic carbocycles. The van der Waals surface area contributed by atoms with Gasteiger partial charge in [-0.05, 0) is 24.6 Å². The fourth-order valence-electron chi connectivity index (χ4n) is 1.79. The van der Waals surface area contributed by atoms with Crippen molar-refractivity contribution in [1.82, 2.24) is 9.55 Å². The average molecular weight is 293 g/mol. The molecule has 3 N–H and O–H groups in total. The maximum Gasteiger partial charge on any atom is 0.328 e. The first-order chi connectivity index (χ1) is 9.38. The van der Waals surface area contributed by atoms with Gasteiger partial charge in [-0.3, -0.25) is 14.3 Å². The number of thiocarbonyl (C=S) groups is 1. The predicted molar refractivity (Wildman–Crippen MR) is 77.4 cm³/mol. The number of aromatic amines is 1. The van der Waals surface area contributed by atoms with Gasteiger partial charge < -0.3 is 5.73 Å². The topological polar surface area (TPSA) is 80.9 Å². The summed E-state index contributed by atoms with van der Waals surface area (Å²) >= 11 is 4.76.